The molecule has 1 N–H and O–H groups in total. The first-order chi connectivity index (χ1) is 13.6. The van der Waals surface area contributed by atoms with Crippen LogP contribution in [0.1, 0.15) is 55.9 Å². The van der Waals surface area contributed by atoms with Gasteiger partial charge in [-0.1, -0.05) is 18.7 Å². The minimum absolute atomic E-state index is 0.0263. The van der Waals surface area contributed by atoms with Crippen LogP contribution < -0.4 is 10.9 Å². The largest absolute Gasteiger partial charge is 0.337 e. The SMILES string of the molecule is CCCn1c(SCC(=O)NC2(C#N)CCCC2)nc2sc3c(c2c1=O)CCC3. The molecule has 0 spiro atoms. The van der Waals surface area contributed by atoms with E-state index in [0.29, 0.717) is 24.5 Å². The number of nitrogens with zero attached hydrogens (tertiary/aromatic N) is 3. The third-order valence-corrected chi connectivity index (χ3v) is 7.78. The summed E-state index contributed by atoms with van der Waals surface area (Å²) < 4.78 is 1.72. The molecule has 0 bridgehead atoms. The van der Waals surface area contributed by atoms with Gasteiger partial charge >= 0.3 is 0 Å². The summed E-state index contributed by atoms with van der Waals surface area (Å²) in [6.45, 7) is 2.63. The summed E-state index contributed by atoms with van der Waals surface area (Å²) in [5.41, 5.74) is 0.499. The summed E-state index contributed by atoms with van der Waals surface area (Å²) in [4.78, 5) is 32.5. The summed E-state index contributed by atoms with van der Waals surface area (Å²) in [6, 6.07) is 2.28. The molecule has 0 aromatic carbocycles. The molecule has 0 saturated heterocycles. The van der Waals surface area contributed by atoms with Crippen LogP contribution in [0.5, 0.6) is 0 Å². The van der Waals surface area contributed by atoms with Crippen molar-refractivity contribution in [1.29, 1.82) is 5.26 Å². The van der Waals surface area contributed by atoms with E-state index < -0.39 is 5.54 Å². The van der Waals surface area contributed by atoms with Crippen molar-refractivity contribution in [2.75, 3.05) is 5.75 Å². The van der Waals surface area contributed by atoms with Crippen LogP contribution in [0.15, 0.2) is 9.95 Å². The fourth-order valence-electron chi connectivity index (χ4n) is 4.27. The summed E-state index contributed by atoms with van der Waals surface area (Å²) in [5.74, 6) is -0.00424. The Morgan fingerprint density at radius 1 is 1.36 bits per heavy atom. The van der Waals surface area contributed by atoms with Crippen LogP contribution in [-0.2, 0) is 24.2 Å². The van der Waals surface area contributed by atoms with E-state index in [1.54, 1.807) is 15.9 Å². The highest BCUT2D eigenvalue weighted by Gasteiger charge is 2.35. The zero-order valence-corrected chi connectivity index (χ0v) is 17.7. The highest BCUT2D eigenvalue weighted by atomic mass is 32.2. The Kier molecular flexibility index (Phi) is 5.48. The van der Waals surface area contributed by atoms with Crippen molar-refractivity contribution in [3.8, 4) is 6.07 Å². The molecule has 2 aliphatic rings. The number of hydrogen-bond donors (Lipinski definition) is 1. The van der Waals surface area contributed by atoms with E-state index in [-0.39, 0.29) is 17.2 Å². The number of nitriles is 1. The average molecular weight is 417 g/mol. The van der Waals surface area contributed by atoms with Gasteiger partial charge in [-0.3, -0.25) is 14.2 Å². The maximum atomic E-state index is 13.2. The summed E-state index contributed by atoms with van der Waals surface area (Å²) in [5, 5.41) is 13.8. The first-order valence-corrected chi connectivity index (χ1v) is 11.8. The molecular weight excluding hydrogens is 392 g/mol. The van der Waals surface area contributed by atoms with Crippen molar-refractivity contribution in [2.45, 2.75) is 75.5 Å². The molecule has 28 heavy (non-hydrogen) atoms. The Morgan fingerprint density at radius 2 is 2.14 bits per heavy atom. The van der Waals surface area contributed by atoms with E-state index in [0.717, 1.165) is 48.7 Å². The number of carbonyl (C=O) groups is 1. The summed E-state index contributed by atoms with van der Waals surface area (Å²) in [6.07, 6.45) is 7.31. The van der Waals surface area contributed by atoms with Crippen molar-refractivity contribution in [1.82, 2.24) is 14.9 Å². The van der Waals surface area contributed by atoms with E-state index in [2.05, 4.69) is 11.4 Å². The highest BCUT2D eigenvalue weighted by Crippen LogP contribution is 2.35. The lowest BCUT2D eigenvalue weighted by Gasteiger charge is -2.21. The number of nitrogens with one attached hydrogen (secondary N) is 1. The van der Waals surface area contributed by atoms with E-state index in [1.165, 1.54) is 22.2 Å². The Hall–Kier alpha value is -1.85. The minimum Gasteiger partial charge on any atom is -0.337 e. The van der Waals surface area contributed by atoms with Gasteiger partial charge in [-0.25, -0.2) is 4.98 Å². The zero-order valence-electron chi connectivity index (χ0n) is 16.0. The standard InChI is InChI=1S/C20H24N4O2S2/c1-2-10-24-18(26)16-13-6-5-7-14(13)28-17(16)22-19(24)27-11-15(25)23-20(12-21)8-3-4-9-20/h2-11H2,1H3,(H,23,25). The van der Waals surface area contributed by atoms with E-state index in [9.17, 15) is 14.9 Å². The Morgan fingerprint density at radius 3 is 2.86 bits per heavy atom. The molecule has 2 aromatic heterocycles. The maximum Gasteiger partial charge on any atom is 0.263 e. The van der Waals surface area contributed by atoms with Gasteiger partial charge in [0.25, 0.3) is 5.56 Å². The smallest absolute Gasteiger partial charge is 0.263 e. The molecule has 2 aliphatic carbocycles. The molecule has 8 heteroatoms. The van der Waals surface area contributed by atoms with Crippen molar-refractivity contribution in [2.24, 2.45) is 0 Å². The molecule has 2 aromatic rings. The molecule has 148 valence electrons. The molecule has 6 nitrogen and oxygen atoms in total. The van der Waals surface area contributed by atoms with E-state index >= 15 is 0 Å². The predicted molar refractivity (Wildman–Crippen MR) is 112 cm³/mol. The first-order valence-electron chi connectivity index (χ1n) is 9.97. The predicted octanol–water partition coefficient (Wildman–Crippen LogP) is 3.40. The van der Waals surface area contributed by atoms with Gasteiger partial charge in [-0.05, 0) is 56.9 Å². The summed E-state index contributed by atoms with van der Waals surface area (Å²) in [7, 11) is 0. The fourth-order valence-corrected chi connectivity index (χ4v) is 6.39. The van der Waals surface area contributed by atoms with Gasteiger partial charge in [0.15, 0.2) is 5.16 Å². The van der Waals surface area contributed by atoms with Gasteiger partial charge in [-0.15, -0.1) is 11.3 Å². The number of amides is 1. The summed E-state index contributed by atoms with van der Waals surface area (Å²) >= 11 is 2.92. The molecule has 0 aliphatic heterocycles. The second-order valence-electron chi connectivity index (χ2n) is 7.63. The van der Waals surface area contributed by atoms with Gasteiger partial charge in [-0.2, -0.15) is 5.26 Å². The Balaban J connectivity index is 1.58. The second kappa shape index (κ2) is 7.88. The molecule has 0 radical (unpaired) electrons. The number of aryl methyl sites for hydroxylation is 2. The molecule has 1 saturated carbocycles. The molecule has 0 unspecified atom stereocenters. The lowest BCUT2D eigenvalue weighted by Crippen LogP contribution is -2.45. The fraction of sp³-hybridized carbons (Fsp3) is 0.600. The van der Waals surface area contributed by atoms with Crippen LogP contribution in [0.25, 0.3) is 10.2 Å². The number of thioether (sulfide) groups is 1. The van der Waals surface area contributed by atoms with Crippen LogP contribution in [0.3, 0.4) is 0 Å². The number of thiophene rings is 1. The quantitative estimate of drug-likeness (QED) is 0.576. The lowest BCUT2D eigenvalue weighted by molar-refractivity contribution is -0.119. The molecule has 1 fully saturated rings. The Bertz CT molecular complexity index is 1010. The average Bonchev–Trinajstić information content (AvgIpc) is 3.39. The topological polar surface area (TPSA) is 87.8 Å². The van der Waals surface area contributed by atoms with Crippen molar-refractivity contribution in [3.63, 3.8) is 0 Å². The van der Waals surface area contributed by atoms with Gasteiger partial charge in [0, 0.05) is 11.4 Å². The van der Waals surface area contributed by atoms with Crippen LogP contribution in [0, 0.1) is 11.3 Å². The number of fused-ring (bicyclic) bond motifs is 3. The molecule has 0 atom stereocenters. The third kappa shape index (κ3) is 3.46. The van der Waals surface area contributed by atoms with E-state index in [4.69, 9.17) is 4.98 Å². The number of rotatable bonds is 6. The van der Waals surface area contributed by atoms with Crippen LogP contribution in [0.4, 0.5) is 0 Å². The first kappa shape index (κ1) is 19.5. The number of hydrogen-bond acceptors (Lipinski definition) is 6. The van der Waals surface area contributed by atoms with Gasteiger partial charge in [0.05, 0.1) is 17.2 Å². The maximum absolute atomic E-state index is 13.2. The lowest BCUT2D eigenvalue weighted by atomic mass is 10.0. The third-order valence-electron chi connectivity index (χ3n) is 5.62. The highest BCUT2D eigenvalue weighted by molar-refractivity contribution is 7.99. The monoisotopic (exact) mass is 416 g/mol. The molecular formula is C20H24N4O2S2. The number of aromatic nitrogens is 2. The van der Waals surface area contributed by atoms with E-state index in [1.807, 2.05) is 6.92 Å². The van der Waals surface area contributed by atoms with Crippen LogP contribution in [0.2, 0.25) is 0 Å². The minimum atomic E-state index is -0.716. The van der Waals surface area contributed by atoms with Gasteiger partial charge in [0.1, 0.15) is 10.4 Å². The second-order valence-corrected chi connectivity index (χ2v) is 9.65. The van der Waals surface area contributed by atoms with Crippen LogP contribution >= 0.6 is 23.1 Å². The van der Waals surface area contributed by atoms with Crippen molar-refractivity contribution >= 4 is 39.2 Å². The molecule has 4 rings (SSSR count). The van der Waals surface area contributed by atoms with Crippen molar-refractivity contribution < 1.29 is 4.79 Å². The number of carbonyl (C=O) groups excluding carboxylic acids is 1. The Labute approximate surface area is 172 Å². The molecule has 2 heterocycles. The molecule has 1 amide bonds. The van der Waals surface area contributed by atoms with Crippen molar-refractivity contribution in [3.05, 3.63) is 20.8 Å². The van der Waals surface area contributed by atoms with Gasteiger partial charge in [0.2, 0.25) is 5.91 Å². The normalized spacial score (nSPS) is 17.6. The van der Waals surface area contributed by atoms with Crippen LogP contribution in [-0.4, -0.2) is 26.8 Å². The zero-order chi connectivity index (χ0) is 19.7. The van der Waals surface area contributed by atoms with Gasteiger partial charge < -0.3 is 5.32 Å².